The van der Waals surface area contributed by atoms with Gasteiger partial charge in [-0.25, -0.2) is 9.97 Å². The van der Waals surface area contributed by atoms with Crippen molar-refractivity contribution < 1.29 is 9.59 Å². The van der Waals surface area contributed by atoms with Crippen molar-refractivity contribution in [3.63, 3.8) is 0 Å². The quantitative estimate of drug-likeness (QED) is 0.188. The average Bonchev–Trinajstić information content (AvgIpc) is 3.43. The molecule has 8 nitrogen and oxygen atoms in total. The minimum Gasteiger partial charge on any atom is -0.333 e. The Bertz CT molecular complexity index is 1510. The number of aromatic amines is 2. The van der Waals surface area contributed by atoms with Gasteiger partial charge in [0.05, 0.1) is 33.6 Å². The summed E-state index contributed by atoms with van der Waals surface area (Å²) >= 11 is 2.69. The van der Waals surface area contributed by atoms with Crippen LogP contribution in [0.15, 0.2) is 64.9 Å². The first-order valence-corrected chi connectivity index (χ1v) is 13.7. The summed E-state index contributed by atoms with van der Waals surface area (Å²) in [6, 6.07) is 17.5. The zero-order valence-electron chi connectivity index (χ0n) is 20.6. The largest absolute Gasteiger partial charge is 0.333 e. The van der Waals surface area contributed by atoms with Gasteiger partial charge in [-0.2, -0.15) is 0 Å². The van der Waals surface area contributed by atoms with Crippen LogP contribution in [0, 0.1) is 20.8 Å². The average molecular weight is 531 g/mol. The Balaban J connectivity index is 1.15. The number of anilines is 2. The third kappa shape index (κ3) is 6.33. The van der Waals surface area contributed by atoms with Crippen LogP contribution < -0.4 is 10.6 Å². The van der Waals surface area contributed by atoms with Crippen LogP contribution in [0.5, 0.6) is 0 Å². The summed E-state index contributed by atoms with van der Waals surface area (Å²) in [7, 11) is 0. The Morgan fingerprint density at radius 1 is 0.676 bits per heavy atom. The molecule has 0 spiro atoms. The third-order valence-corrected chi connectivity index (χ3v) is 7.30. The maximum atomic E-state index is 12.6. The van der Waals surface area contributed by atoms with Crippen LogP contribution >= 0.6 is 23.5 Å². The van der Waals surface area contributed by atoms with Gasteiger partial charge in [0, 0.05) is 11.4 Å². The first-order chi connectivity index (χ1) is 17.8. The monoisotopic (exact) mass is 530 g/mol. The first kappa shape index (κ1) is 24.9. The molecular weight excluding hydrogens is 504 g/mol. The van der Waals surface area contributed by atoms with Gasteiger partial charge < -0.3 is 20.6 Å². The van der Waals surface area contributed by atoms with Gasteiger partial charge in [0.15, 0.2) is 10.3 Å². The Morgan fingerprint density at radius 2 is 1.14 bits per heavy atom. The molecule has 0 aliphatic rings. The van der Waals surface area contributed by atoms with Gasteiger partial charge in [0.1, 0.15) is 0 Å². The standard InChI is InChI=1S/C27H26N6O2S2/c1-15-4-6-20-22(10-15)32-26(30-20)36-13-24(34)28-18-8-17(3)9-19(12-18)29-25(35)14-37-27-31-21-7-5-16(2)11-23(21)33-27/h4-12H,13-14H2,1-3H3,(H,28,34)(H,29,35)(H,30,32)(H,31,33). The van der Waals surface area contributed by atoms with Crippen LogP contribution in [-0.4, -0.2) is 43.3 Å². The third-order valence-electron chi connectivity index (χ3n) is 5.56. The van der Waals surface area contributed by atoms with E-state index < -0.39 is 0 Å². The number of fused-ring (bicyclic) bond motifs is 2. The van der Waals surface area contributed by atoms with Crippen molar-refractivity contribution in [1.29, 1.82) is 0 Å². The van der Waals surface area contributed by atoms with Gasteiger partial charge in [-0.15, -0.1) is 0 Å². The number of rotatable bonds is 8. The van der Waals surface area contributed by atoms with Crippen molar-refractivity contribution in [2.24, 2.45) is 0 Å². The lowest BCUT2D eigenvalue weighted by Gasteiger charge is -2.10. The van der Waals surface area contributed by atoms with Crippen LogP contribution in [0.2, 0.25) is 0 Å². The zero-order valence-corrected chi connectivity index (χ0v) is 22.3. The van der Waals surface area contributed by atoms with E-state index in [1.54, 1.807) is 6.07 Å². The molecule has 0 aliphatic heterocycles. The number of benzene rings is 3. The highest BCUT2D eigenvalue weighted by molar-refractivity contribution is 8.00. The first-order valence-electron chi connectivity index (χ1n) is 11.7. The molecule has 0 unspecified atom stereocenters. The summed E-state index contributed by atoms with van der Waals surface area (Å²) in [5.41, 5.74) is 8.14. The van der Waals surface area contributed by atoms with Crippen LogP contribution in [0.25, 0.3) is 22.1 Å². The molecule has 0 fully saturated rings. The number of hydrogen-bond donors (Lipinski definition) is 4. The van der Waals surface area contributed by atoms with Gasteiger partial charge >= 0.3 is 0 Å². The predicted molar refractivity (Wildman–Crippen MR) is 152 cm³/mol. The number of aromatic nitrogens is 4. The fraction of sp³-hybridized carbons (Fsp3) is 0.185. The Hall–Kier alpha value is -3.76. The maximum absolute atomic E-state index is 12.6. The smallest absolute Gasteiger partial charge is 0.234 e. The summed E-state index contributed by atoms with van der Waals surface area (Å²) in [6.07, 6.45) is 0. The van der Waals surface area contributed by atoms with E-state index in [1.165, 1.54) is 23.5 Å². The minimum absolute atomic E-state index is 0.153. The second-order valence-corrected chi connectivity index (χ2v) is 10.8. The summed E-state index contributed by atoms with van der Waals surface area (Å²) in [5.74, 6) is 0.116. The second-order valence-electron chi connectivity index (χ2n) is 8.89. The minimum atomic E-state index is -0.153. The van der Waals surface area contributed by atoms with Crippen molar-refractivity contribution in [3.05, 3.63) is 71.3 Å². The van der Waals surface area contributed by atoms with Crippen LogP contribution in [0.1, 0.15) is 16.7 Å². The van der Waals surface area contributed by atoms with Crippen LogP contribution in [0.3, 0.4) is 0 Å². The molecule has 0 bridgehead atoms. The topological polar surface area (TPSA) is 116 Å². The van der Waals surface area contributed by atoms with E-state index in [9.17, 15) is 9.59 Å². The molecule has 0 aliphatic carbocycles. The van der Waals surface area contributed by atoms with E-state index in [1.807, 2.05) is 69.3 Å². The molecule has 2 amide bonds. The lowest BCUT2D eigenvalue weighted by Crippen LogP contribution is -2.16. The molecule has 10 heteroatoms. The number of imidazole rings is 2. The van der Waals surface area contributed by atoms with Crippen molar-refractivity contribution in [1.82, 2.24) is 19.9 Å². The van der Waals surface area contributed by atoms with Crippen LogP contribution in [0.4, 0.5) is 11.4 Å². The SMILES string of the molecule is Cc1cc(NC(=O)CSc2nc3ccc(C)cc3[nH]2)cc(NC(=O)CSc2nc3ccc(C)cc3[nH]2)c1. The number of nitrogens with zero attached hydrogens (tertiary/aromatic N) is 2. The number of nitrogens with one attached hydrogen (secondary N) is 4. The molecule has 188 valence electrons. The zero-order chi connectivity index (χ0) is 25.9. The number of carbonyl (C=O) groups excluding carboxylic acids is 2. The molecule has 5 aromatic rings. The molecule has 2 aromatic heterocycles. The number of amides is 2. The number of hydrogen-bond acceptors (Lipinski definition) is 6. The van der Waals surface area contributed by atoms with Gasteiger partial charge in [-0.05, 0) is 79.9 Å². The molecule has 37 heavy (non-hydrogen) atoms. The second kappa shape index (κ2) is 10.7. The highest BCUT2D eigenvalue weighted by atomic mass is 32.2. The van der Waals surface area contributed by atoms with Gasteiger partial charge in [-0.1, -0.05) is 35.7 Å². The predicted octanol–water partition coefficient (Wildman–Crippen LogP) is 5.83. The summed E-state index contributed by atoms with van der Waals surface area (Å²) in [4.78, 5) is 40.7. The summed E-state index contributed by atoms with van der Waals surface area (Å²) in [5, 5.41) is 7.23. The van der Waals surface area contributed by atoms with E-state index >= 15 is 0 Å². The summed E-state index contributed by atoms with van der Waals surface area (Å²) < 4.78 is 0. The fourth-order valence-electron chi connectivity index (χ4n) is 3.93. The van der Waals surface area contributed by atoms with Gasteiger partial charge in [-0.3, -0.25) is 9.59 Å². The highest BCUT2D eigenvalue weighted by Crippen LogP contribution is 2.24. The number of carbonyl (C=O) groups is 2. The molecule has 0 atom stereocenters. The highest BCUT2D eigenvalue weighted by Gasteiger charge is 2.11. The molecular formula is C27H26N6O2S2. The lowest BCUT2D eigenvalue weighted by atomic mass is 10.2. The number of thioether (sulfide) groups is 2. The molecule has 3 aromatic carbocycles. The van der Waals surface area contributed by atoms with Crippen LogP contribution in [-0.2, 0) is 9.59 Å². The normalized spacial score (nSPS) is 11.2. The lowest BCUT2D eigenvalue weighted by molar-refractivity contribution is -0.114. The van der Waals surface area contributed by atoms with E-state index in [-0.39, 0.29) is 23.3 Å². The Kier molecular flexibility index (Phi) is 7.20. The van der Waals surface area contributed by atoms with Gasteiger partial charge in [0.25, 0.3) is 0 Å². The van der Waals surface area contributed by atoms with Crippen molar-refractivity contribution >= 4 is 68.8 Å². The Morgan fingerprint density at radius 3 is 1.59 bits per heavy atom. The molecule has 0 saturated heterocycles. The molecule has 2 heterocycles. The van der Waals surface area contributed by atoms with E-state index in [0.29, 0.717) is 21.7 Å². The van der Waals surface area contributed by atoms with Crippen molar-refractivity contribution in [3.8, 4) is 0 Å². The molecule has 0 saturated carbocycles. The molecule has 5 rings (SSSR count). The number of aryl methyl sites for hydroxylation is 3. The van der Waals surface area contributed by atoms with Gasteiger partial charge in [0.2, 0.25) is 11.8 Å². The van der Waals surface area contributed by atoms with E-state index in [2.05, 4.69) is 30.6 Å². The van der Waals surface area contributed by atoms with Crippen molar-refractivity contribution in [2.45, 2.75) is 31.1 Å². The summed E-state index contributed by atoms with van der Waals surface area (Å²) in [6.45, 7) is 5.97. The number of H-pyrrole nitrogens is 2. The van der Waals surface area contributed by atoms with Crippen molar-refractivity contribution in [2.75, 3.05) is 22.1 Å². The maximum Gasteiger partial charge on any atom is 0.234 e. The fourth-order valence-corrected chi connectivity index (χ4v) is 5.30. The van der Waals surface area contributed by atoms with E-state index in [0.717, 1.165) is 38.8 Å². The Labute approximate surface area is 222 Å². The van der Waals surface area contributed by atoms with E-state index in [4.69, 9.17) is 0 Å². The molecule has 4 N–H and O–H groups in total. The molecule has 0 radical (unpaired) electrons.